The number of likely N-dealkylation sites (N-methyl/N-ethyl adjacent to an activating group) is 1. The second-order valence-corrected chi connectivity index (χ2v) is 11.9. The molecule has 0 bridgehead atoms. The molecule has 1 amide bonds. The molecular weight excluding hydrogens is 583 g/mol. The number of amides is 1. The minimum Gasteiger partial charge on any atom is -0.467 e. The van der Waals surface area contributed by atoms with Crippen LogP contribution in [0.2, 0.25) is 5.02 Å². The molecule has 0 radical (unpaired) electrons. The number of benzene rings is 2. The number of rotatable bonds is 10. The van der Waals surface area contributed by atoms with Crippen molar-refractivity contribution < 1.29 is 18.7 Å². The van der Waals surface area contributed by atoms with Gasteiger partial charge in [0, 0.05) is 80.0 Å². The molecule has 9 nitrogen and oxygen atoms in total. The number of hydrogen-bond acceptors (Lipinski definition) is 8. The molecular formula is C33H36ClFN6O3. The van der Waals surface area contributed by atoms with Crippen LogP contribution in [0.3, 0.4) is 0 Å². The summed E-state index contributed by atoms with van der Waals surface area (Å²) in [5.41, 5.74) is 0.869. The highest BCUT2D eigenvalue weighted by Gasteiger charge is 2.49. The Morgan fingerprint density at radius 1 is 1.16 bits per heavy atom. The molecule has 2 aromatic heterocycles. The van der Waals surface area contributed by atoms with Crippen LogP contribution in [-0.2, 0) is 9.53 Å². The Morgan fingerprint density at radius 2 is 1.95 bits per heavy atom. The van der Waals surface area contributed by atoms with Gasteiger partial charge >= 0.3 is 6.01 Å². The van der Waals surface area contributed by atoms with Crippen molar-refractivity contribution in [2.45, 2.75) is 13.3 Å². The predicted octanol–water partition coefficient (Wildman–Crippen LogP) is 5.21. The predicted molar refractivity (Wildman–Crippen MR) is 171 cm³/mol. The first-order chi connectivity index (χ1) is 21.4. The van der Waals surface area contributed by atoms with E-state index < -0.39 is 5.82 Å². The molecule has 2 fully saturated rings. The van der Waals surface area contributed by atoms with Crippen LogP contribution in [0, 0.1) is 11.2 Å². The zero-order valence-electron chi connectivity index (χ0n) is 25.2. The van der Waals surface area contributed by atoms with Gasteiger partial charge in [-0.15, -0.1) is 0 Å². The highest BCUT2D eigenvalue weighted by atomic mass is 35.5. The number of nitrogens with zero attached hydrogens (tertiary/aromatic N) is 6. The van der Waals surface area contributed by atoms with Crippen LogP contribution in [0.25, 0.3) is 32.9 Å². The summed E-state index contributed by atoms with van der Waals surface area (Å²) in [4.78, 5) is 32.7. The van der Waals surface area contributed by atoms with Gasteiger partial charge in [-0.3, -0.25) is 14.7 Å². The largest absolute Gasteiger partial charge is 0.467 e. The summed E-state index contributed by atoms with van der Waals surface area (Å²) in [6, 6.07) is 11.3. The fourth-order valence-corrected chi connectivity index (χ4v) is 6.62. The summed E-state index contributed by atoms with van der Waals surface area (Å²) in [7, 11) is 3.16. The first kappa shape index (κ1) is 30.2. The van der Waals surface area contributed by atoms with Crippen LogP contribution in [0.1, 0.15) is 13.3 Å². The van der Waals surface area contributed by atoms with Crippen LogP contribution < -0.4 is 9.64 Å². The van der Waals surface area contributed by atoms with E-state index in [9.17, 15) is 4.79 Å². The number of hydrogen-bond donors (Lipinski definition) is 0. The molecule has 0 aliphatic carbocycles. The normalized spacial score (nSPS) is 16.1. The number of halogens is 2. The highest BCUT2D eigenvalue weighted by molar-refractivity contribution is 6.36. The molecule has 2 aromatic carbocycles. The fourth-order valence-electron chi connectivity index (χ4n) is 6.34. The van der Waals surface area contributed by atoms with Crippen molar-refractivity contribution in [1.29, 1.82) is 0 Å². The van der Waals surface area contributed by atoms with Crippen molar-refractivity contribution in [2.75, 3.05) is 71.5 Å². The lowest BCUT2D eigenvalue weighted by molar-refractivity contribution is -0.125. The van der Waals surface area contributed by atoms with E-state index in [-0.39, 0.29) is 28.5 Å². The van der Waals surface area contributed by atoms with Gasteiger partial charge in [0.2, 0.25) is 5.91 Å². The second kappa shape index (κ2) is 12.6. The van der Waals surface area contributed by atoms with Crippen LogP contribution in [0.4, 0.5) is 10.2 Å². The van der Waals surface area contributed by atoms with E-state index in [4.69, 9.17) is 21.1 Å². The molecule has 0 saturated carbocycles. The Balaban J connectivity index is 1.21. The maximum Gasteiger partial charge on any atom is 0.318 e. The summed E-state index contributed by atoms with van der Waals surface area (Å²) in [5, 5.41) is 2.66. The molecule has 2 saturated heterocycles. The van der Waals surface area contributed by atoms with Gasteiger partial charge < -0.3 is 19.3 Å². The van der Waals surface area contributed by atoms with Crippen molar-refractivity contribution in [3.8, 4) is 17.3 Å². The Bertz CT molecular complexity index is 1720. The zero-order chi connectivity index (χ0) is 30.8. The van der Waals surface area contributed by atoms with Gasteiger partial charge in [-0.2, -0.15) is 9.97 Å². The summed E-state index contributed by atoms with van der Waals surface area (Å²) in [6.07, 6.45) is 6.14. The Kier molecular flexibility index (Phi) is 8.66. The third kappa shape index (κ3) is 5.69. The molecule has 230 valence electrons. The number of fused-ring (bicyclic) bond motifs is 2. The summed E-state index contributed by atoms with van der Waals surface area (Å²) < 4.78 is 26.8. The third-order valence-corrected chi connectivity index (χ3v) is 9.04. The van der Waals surface area contributed by atoms with E-state index in [1.54, 1.807) is 25.4 Å². The standard InChI is InChI=1S/C33H36ClFN6O3/c1-4-39(16-17-43-2)14-7-12-26(42)40-15-13-33(19-40)20-41(21-33)31-24-18-36-29(28(35)30(24)37-32(38-31)44-3)23-10-5-8-22-9-6-11-25(34)27(22)23/h5-12,18H,4,13-17,19-21H2,1-3H3/b12-7+. The van der Waals surface area contributed by atoms with E-state index >= 15 is 4.39 Å². The van der Waals surface area contributed by atoms with Gasteiger partial charge in [0.25, 0.3) is 0 Å². The monoisotopic (exact) mass is 618 g/mol. The van der Waals surface area contributed by atoms with Crippen LogP contribution in [-0.4, -0.2) is 97.3 Å². The zero-order valence-corrected chi connectivity index (χ0v) is 26.0. The molecule has 2 aliphatic rings. The van der Waals surface area contributed by atoms with Crippen LogP contribution >= 0.6 is 11.6 Å². The quantitative estimate of drug-likeness (QED) is 0.224. The van der Waals surface area contributed by atoms with Crippen molar-refractivity contribution in [3.05, 3.63) is 65.6 Å². The average molecular weight is 619 g/mol. The Labute approximate surface area is 261 Å². The van der Waals surface area contributed by atoms with Gasteiger partial charge in [-0.1, -0.05) is 54.9 Å². The second-order valence-electron chi connectivity index (χ2n) is 11.5. The molecule has 0 atom stereocenters. The third-order valence-electron chi connectivity index (χ3n) is 8.72. The number of aromatic nitrogens is 3. The van der Waals surface area contributed by atoms with Gasteiger partial charge in [0.1, 0.15) is 17.0 Å². The maximum absolute atomic E-state index is 16.2. The number of pyridine rings is 1. The van der Waals surface area contributed by atoms with Crippen molar-refractivity contribution >= 4 is 45.0 Å². The number of ether oxygens (including phenoxy) is 2. The average Bonchev–Trinajstić information content (AvgIpc) is 3.48. The van der Waals surface area contributed by atoms with Crippen LogP contribution in [0.15, 0.2) is 54.7 Å². The van der Waals surface area contributed by atoms with Gasteiger partial charge in [-0.25, -0.2) is 4.39 Å². The Morgan fingerprint density at radius 3 is 2.70 bits per heavy atom. The lowest BCUT2D eigenvalue weighted by Gasteiger charge is -2.48. The minimum atomic E-state index is -0.555. The molecule has 0 N–H and O–H groups in total. The molecule has 0 unspecified atom stereocenters. The highest BCUT2D eigenvalue weighted by Crippen LogP contribution is 2.44. The molecule has 4 aromatic rings. The molecule has 2 aliphatic heterocycles. The van der Waals surface area contributed by atoms with Gasteiger partial charge in [0.15, 0.2) is 5.82 Å². The number of methoxy groups -OCH3 is 2. The van der Waals surface area contributed by atoms with Crippen molar-refractivity contribution in [3.63, 3.8) is 0 Å². The number of anilines is 1. The summed E-state index contributed by atoms with van der Waals surface area (Å²) >= 11 is 6.54. The topological polar surface area (TPSA) is 83.9 Å². The van der Waals surface area contributed by atoms with E-state index in [1.807, 2.05) is 41.3 Å². The van der Waals surface area contributed by atoms with E-state index in [0.717, 1.165) is 30.3 Å². The first-order valence-electron chi connectivity index (χ1n) is 14.9. The number of carbonyl (C=O) groups excluding carboxylic acids is 1. The fraction of sp³-hybridized carbons (Fsp3) is 0.394. The summed E-state index contributed by atoms with van der Waals surface area (Å²) in [5.74, 6) is 0.0526. The maximum atomic E-state index is 16.2. The van der Waals surface area contributed by atoms with Crippen LogP contribution in [0.5, 0.6) is 6.01 Å². The molecule has 44 heavy (non-hydrogen) atoms. The van der Waals surface area contributed by atoms with Crippen molar-refractivity contribution in [1.82, 2.24) is 24.8 Å². The molecule has 1 spiro atoms. The first-order valence-corrected chi connectivity index (χ1v) is 15.2. The Hall–Kier alpha value is -3.86. The lowest BCUT2D eigenvalue weighted by Crippen LogP contribution is -2.58. The van der Waals surface area contributed by atoms with E-state index in [0.29, 0.717) is 61.1 Å². The molecule has 4 heterocycles. The SMILES string of the molecule is CCN(C/C=C/C(=O)N1CCC2(C1)CN(c1nc(OC)nc3c(F)c(-c4cccc5cccc(Cl)c45)ncc13)C2)CCOC. The minimum absolute atomic E-state index is 0.0321. The number of carbonyl (C=O) groups is 1. The number of likely N-dealkylation sites (tertiary alicyclic amines) is 1. The van der Waals surface area contributed by atoms with E-state index in [1.165, 1.54) is 7.11 Å². The lowest BCUT2D eigenvalue weighted by atomic mass is 9.79. The van der Waals surface area contributed by atoms with E-state index in [2.05, 4.69) is 31.7 Å². The molecule has 11 heteroatoms. The summed E-state index contributed by atoms with van der Waals surface area (Å²) in [6.45, 7) is 7.96. The van der Waals surface area contributed by atoms with Gasteiger partial charge in [0.05, 0.1) is 19.1 Å². The van der Waals surface area contributed by atoms with Gasteiger partial charge in [-0.05, 0) is 24.4 Å². The smallest absolute Gasteiger partial charge is 0.318 e. The molecule has 6 rings (SSSR count). The van der Waals surface area contributed by atoms with Crippen molar-refractivity contribution in [2.24, 2.45) is 5.41 Å².